The van der Waals surface area contributed by atoms with Crippen LogP contribution in [-0.2, 0) is 9.53 Å². The van der Waals surface area contributed by atoms with E-state index >= 15 is 0 Å². The van der Waals surface area contributed by atoms with E-state index in [4.69, 9.17) is 4.74 Å². The summed E-state index contributed by atoms with van der Waals surface area (Å²) in [6.45, 7) is 3.21. The quantitative estimate of drug-likeness (QED) is 0.595. The topological polar surface area (TPSA) is 97.4 Å². The van der Waals surface area contributed by atoms with Crippen molar-refractivity contribution in [2.24, 2.45) is 0 Å². The molecule has 1 aromatic carbocycles. The van der Waals surface area contributed by atoms with Crippen molar-refractivity contribution in [2.45, 2.75) is 26.3 Å². The van der Waals surface area contributed by atoms with Gasteiger partial charge in [-0.3, -0.25) is 10.1 Å². The molecule has 2 N–H and O–H groups in total. The first kappa shape index (κ1) is 20.0. The number of carbonyl (C=O) groups excluding carboxylic acids is 3. The van der Waals surface area contributed by atoms with Gasteiger partial charge < -0.3 is 10.1 Å². The molecule has 9 heteroatoms. The first-order valence-corrected chi connectivity index (χ1v) is 10.3. The Labute approximate surface area is 169 Å². The number of amides is 3. The number of ether oxygens (including phenoxy) is 1. The maximum absolute atomic E-state index is 12.2. The molecule has 0 aliphatic carbocycles. The van der Waals surface area contributed by atoms with E-state index in [0.29, 0.717) is 4.88 Å². The van der Waals surface area contributed by atoms with Gasteiger partial charge in [-0.05, 0) is 37.6 Å². The van der Waals surface area contributed by atoms with Gasteiger partial charge >= 0.3 is 12.0 Å². The maximum atomic E-state index is 12.2. The zero-order valence-electron chi connectivity index (χ0n) is 15.4. The van der Waals surface area contributed by atoms with Crippen molar-refractivity contribution in [2.75, 3.05) is 6.61 Å². The number of hydrogen-bond donors (Lipinski definition) is 2. The summed E-state index contributed by atoms with van der Waals surface area (Å²) in [6, 6.07) is 10.6. The number of imide groups is 1. The SMILES string of the molecule is CC[C@H](C)NC(=O)NC(=O)COC(=O)c1ccc(-c2nc3ccccc3s2)s1. The molecule has 0 spiro atoms. The zero-order valence-corrected chi connectivity index (χ0v) is 17.0. The number of rotatable bonds is 6. The van der Waals surface area contributed by atoms with Crippen LogP contribution in [0.25, 0.3) is 20.1 Å². The van der Waals surface area contributed by atoms with Crippen molar-refractivity contribution in [3.63, 3.8) is 0 Å². The van der Waals surface area contributed by atoms with E-state index in [-0.39, 0.29) is 6.04 Å². The Kier molecular flexibility index (Phi) is 6.37. The molecule has 0 bridgehead atoms. The average molecular weight is 418 g/mol. The molecule has 146 valence electrons. The molecule has 3 aromatic rings. The molecular weight excluding hydrogens is 398 g/mol. The van der Waals surface area contributed by atoms with Gasteiger partial charge in [-0.15, -0.1) is 22.7 Å². The molecule has 7 nitrogen and oxygen atoms in total. The van der Waals surface area contributed by atoms with Gasteiger partial charge in [0.2, 0.25) is 0 Å². The van der Waals surface area contributed by atoms with Crippen molar-refractivity contribution < 1.29 is 19.1 Å². The van der Waals surface area contributed by atoms with Crippen molar-refractivity contribution in [3.05, 3.63) is 41.3 Å². The van der Waals surface area contributed by atoms with Crippen molar-refractivity contribution >= 4 is 50.8 Å². The van der Waals surface area contributed by atoms with Crippen molar-refractivity contribution in [3.8, 4) is 9.88 Å². The highest BCUT2D eigenvalue weighted by Crippen LogP contribution is 2.34. The van der Waals surface area contributed by atoms with Gasteiger partial charge in [0.05, 0.1) is 15.1 Å². The Balaban J connectivity index is 1.55. The molecule has 2 aromatic heterocycles. The standard InChI is InChI=1S/C19H19N3O4S2/c1-3-11(2)20-19(25)22-16(23)10-26-18(24)15-9-8-14(27-15)17-21-12-6-4-5-7-13(12)28-17/h4-9,11H,3,10H2,1-2H3,(H2,20,22,23,25)/t11-/m0/s1. The van der Waals surface area contributed by atoms with Crippen LogP contribution in [0.3, 0.4) is 0 Å². The fourth-order valence-electron chi connectivity index (χ4n) is 2.27. The lowest BCUT2D eigenvalue weighted by molar-refractivity contribution is -0.123. The first-order chi connectivity index (χ1) is 13.5. The van der Waals surface area contributed by atoms with E-state index in [2.05, 4.69) is 15.6 Å². The Hall–Kier alpha value is -2.78. The third-order valence-corrected chi connectivity index (χ3v) is 6.16. The molecule has 28 heavy (non-hydrogen) atoms. The molecule has 0 radical (unpaired) electrons. The minimum atomic E-state index is -0.683. The molecular formula is C19H19N3O4S2. The van der Waals surface area contributed by atoms with Crippen molar-refractivity contribution in [1.29, 1.82) is 0 Å². The lowest BCUT2D eigenvalue weighted by atomic mass is 10.3. The van der Waals surface area contributed by atoms with E-state index in [1.807, 2.05) is 38.1 Å². The molecule has 0 saturated carbocycles. The maximum Gasteiger partial charge on any atom is 0.348 e. The number of hydrogen-bond acceptors (Lipinski definition) is 7. The molecule has 2 heterocycles. The fraction of sp³-hybridized carbons (Fsp3) is 0.263. The van der Waals surface area contributed by atoms with Crippen LogP contribution in [0.5, 0.6) is 0 Å². The average Bonchev–Trinajstić information content (AvgIpc) is 3.32. The molecule has 3 amide bonds. The number of urea groups is 1. The van der Waals surface area contributed by atoms with Crippen LogP contribution in [0.1, 0.15) is 29.9 Å². The van der Waals surface area contributed by atoms with Gasteiger partial charge in [0.15, 0.2) is 6.61 Å². The van der Waals surface area contributed by atoms with Gasteiger partial charge in [-0.25, -0.2) is 14.6 Å². The minimum Gasteiger partial charge on any atom is -0.451 e. The lowest BCUT2D eigenvalue weighted by Gasteiger charge is -2.11. The zero-order chi connectivity index (χ0) is 20.1. The highest BCUT2D eigenvalue weighted by atomic mass is 32.1. The summed E-state index contributed by atoms with van der Waals surface area (Å²) in [5, 5.41) is 5.55. The molecule has 0 aliphatic rings. The predicted molar refractivity (Wildman–Crippen MR) is 110 cm³/mol. The van der Waals surface area contributed by atoms with Crippen LogP contribution < -0.4 is 10.6 Å². The Morgan fingerprint density at radius 2 is 1.93 bits per heavy atom. The molecule has 0 unspecified atom stereocenters. The molecule has 1 atom stereocenters. The van der Waals surface area contributed by atoms with Crippen LogP contribution in [0.15, 0.2) is 36.4 Å². The summed E-state index contributed by atoms with van der Waals surface area (Å²) in [4.78, 5) is 41.3. The summed E-state index contributed by atoms with van der Waals surface area (Å²) >= 11 is 2.79. The largest absolute Gasteiger partial charge is 0.451 e. The number of benzene rings is 1. The number of fused-ring (bicyclic) bond motifs is 1. The summed E-state index contributed by atoms with van der Waals surface area (Å²) in [5.74, 6) is -1.30. The monoisotopic (exact) mass is 417 g/mol. The van der Waals surface area contributed by atoms with Gasteiger partial charge in [-0.1, -0.05) is 19.1 Å². The summed E-state index contributed by atoms with van der Waals surface area (Å²) in [7, 11) is 0. The summed E-state index contributed by atoms with van der Waals surface area (Å²) in [5.41, 5.74) is 0.910. The van der Waals surface area contributed by atoms with Crippen LogP contribution in [0, 0.1) is 0 Å². The van der Waals surface area contributed by atoms with Gasteiger partial charge in [0.25, 0.3) is 5.91 Å². The van der Waals surface area contributed by atoms with E-state index in [9.17, 15) is 14.4 Å². The summed E-state index contributed by atoms with van der Waals surface area (Å²) in [6.07, 6.45) is 0.742. The Morgan fingerprint density at radius 3 is 2.68 bits per heavy atom. The molecule has 0 fully saturated rings. The second kappa shape index (κ2) is 8.94. The number of thiazole rings is 1. The smallest absolute Gasteiger partial charge is 0.348 e. The second-order valence-electron chi connectivity index (χ2n) is 6.06. The second-order valence-corrected chi connectivity index (χ2v) is 8.17. The van der Waals surface area contributed by atoms with E-state index in [1.54, 1.807) is 23.5 Å². The molecule has 0 saturated heterocycles. The minimum absolute atomic E-state index is 0.0533. The lowest BCUT2D eigenvalue weighted by Crippen LogP contribution is -2.44. The van der Waals surface area contributed by atoms with Crippen LogP contribution in [-0.4, -0.2) is 35.5 Å². The van der Waals surface area contributed by atoms with Gasteiger partial charge in [0.1, 0.15) is 9.88 Å². The van der Waals surface area contributed by atoms with Crippen LogP contribution in [0.2, 0.25) is 0 Å². The van der Waals surface area contributed by atoms with E-state index in [0.717, 1.165) is 26.5 Å². The predicted octanol–water partition coefficient (Wildman–Crippen LogP) is 3.81. The number of thiophene rings is 1. The van der Waals surface area contributed by atoms with Crippen LogP contribution >= 0.6 is 22.7 Å². The molecule has 0 aliphatic heterocycles. The summed E-state index contributed by atoms with van der Waals surface area (Å²) < 4.78 is 6.06. The van der Waals surface area contributed by atoms with Gasteiger partial charge in [0, 0.05) is 6.04 Å². The van der Waals surface area contributed by atoms with E-state index in [1.165, 1.54) is 11.3 Å². The highest BCUT2D eigenvalue weighted by molar-refractivity contribution is 7.26. The number of nitrogens with zero attached hydrogens (tertiary/aromatic N) is 1. The first-order valence-electron chi connectivity index (χ1n) is 8.69. The number of carbonyl (C=O) groups is 3. The third kappa shape index (κ3) is 4.93. The number of esters is 1. The fourth-order valence-corrected chi connectivity index (χ4v) is 4.19. The van der Waals surface area contributed by atoms with E-state index < -0.39 is 24.5 Å². The number of nitrogens with one attached hydrogen (secondary N) is 2. The Morgan fingerprint density at radius 1 is 1.14 bits per heavy atom. The third-order valence-electron chi connectivity index (χ3n) is 3.89. The highest BCUT2D eigenvalue weighted by Gasteiger charge is 2.16. The number of aromatic nitrogens is 1. The molecule has 3 rings (SSSR count). The Bertz CT molecular complexity index is 978. The normalized spacial score (nSPS) is 11.8. The van der Waals surface area contributed by atoms with Crippen LogP contribution in [0.4, 0.5) is 4.79 Å². The van der Waals surface area contributed by atoms with Crippen molar-refractivity contribution in [1.82, 2.24) is 15.6 Å². The van der Waals surface area contributed by atoms with Gasteiger partial charge in [-0.2, -0.15) is 0 Å². The number of para-hydroxylation sites is 1.